The van der Waals surface area contributed by atoms with Gasteiger partial charge in [0.2, 0.25) is 0 Å². The average molecular weight is 207 g/mol. The summed E-state index contributed by atoms with van der Waals surface area (Å²) < 4.78 is 5.30. The number of hydrogen-bond donors (Lipinski definition) is 1. The number of aromatic nitrogens is 1. The monoisotopic (exact) mass is 207 g/mol. The normalized spacial score (nSPS) is 26.1. The largest absolute Gasteiger partial charge is 0.481 e. The second-order valence-electron chi connectivity index (χ2n) is 3.78. The highest BCUT2D eigenvalue weighted by molar-refractivity contribution is 5.81. The molecule has 4 heteroatoms. The van der Waals surface area contributed by atoms with Crippen LogP contribution < -0.4 is 0 Å². The van der Waals surface area contributed by atoms with Crippen LogP contribution in [0.1, 0.15) is 18.4 Å². The molecule has 0 aromatic carbocycles. The van der Waals surface area contributed by atoms with Crippen LogP contribution in [0.25, 0.3) is 0 Å². The van der Waals surface area contributed by atoms with Gasteiger partial charge in [-0.3, -0.25) is 9.78 Å². The van der Waals surface area contributed by atoms with Crippen molar-refractivity contribution in [2.24, 2.45) is 0 Å². The molecule has 1 atom stereocenters. The van der Waals surface area contributed by atoms with Gasteiger partial charge in [-0.2, -0.15) is 0 Å². The van der Waals surface area contributed by atoms with Crippen molar-refractivity contribution in [3.63, 3.8) is 0 Å². The molecule has 1 aromatic heterocycles. The van der Waals surface area contributed by atoms with Crippen LogP contribution in [-0.4, -0.2) is 29.3 Å². The molecule has 1 aliphatic heterocycles. The minimum absolute atomic E-state index is 0.256. The molecule has 0 radical (unpaired) electrons. The molecule has 15 heavy (non-hydrogen) atoms. The summed E-state index contributed by atoms with van der Waals surface area (Å²) in [4.78, 5) is 15.3. The molecule has 1 aliphatic rings. The Bertz CT molecular complexity index is 344. The molecule has 1 saturated heterocycles. The second kappa shape index (κ2) is 3.98. The highest BCUT2D eigenvalue weighted by Gasteiger charge is 2.42. The van der Waals surface area contributed by atoms with E-state index in [1.807, 2.05) is 0 Å². The summed E-state index contributed by atoms with van der Waals surface area (Å²) in [6, 6.07) is 3.51. The molecule has 1 aromatic rings. The first-order valence-electron chi connectivity index (χ1n) is 4.97. The van der Waals surface area contributed by atoms with E-state index in [4.69, 9.17) is 4.74 Å². The smallest absolute Gasteiger partial charge is 0.316 e. The van der Waals surface area contributed by atoms with Gasteiger partial charge >= 0.3 is 5.97 Å². The molecule has 0 spiro atoms. The van der Waals surface area contributed by atoms with E-state index in [0.29, 0.717) is 13.0 Å². The number of nitrogens with zero attached hydrogens (tertiary/aromatic N) is 1. The standard InChI is InChI=1S/C11H13NO3/c13-10(14)11(4-1-7-15-8-11)9-2-5-12-6-3-9/h2-3,5-6H,1,4,7-8H2,(H,13,14). The lowest BCUT2D eigenvalue weighted by molar-refractivity contribution is -0.149. The SMILES string of the molecule is O=C(O)C1(c2ccncc2)CCCOC1. The van der Waals surface area contributed by atoms with Gasteiger partial charge < -0.3 is 9.84 Å². The maximum atomic E-state index is 11.4. The lowest BCUT2D eigenvalue weighted by atomic mass is 9.76. The van der Waals surface area contributed by atoms with Crippen molar-refractivity contribution in [1.82, 2.24) is 4.98 Å². The van der Waals surface area contributed by atoms with Crippen LogP contribution in [0, 0.1) is 0 Å². The van der Waals surface area contributed by atoms with Crippen molar-refractivity contribution in [1.29, 1.82) is 0 Å². The zero-order valence-electron chi connectivity index (χ0n) is 8.35. The van der Waals surface area contributed by atoms with Gasteiger partial charge in [0.05, 0.1) is 6.61 Å². The zero-order chi connectivity index (χ0) is 10.7. The Labute approximate surface area is 87.9 Å². The molecule has 4 nitrogen and oxygen atoms in total. The first kappa shape index (κ1) is 10.1. The molecular weight excluding hydrogens is 194 g/mol. The fraction of sp³-hybridized carbons (Fsp3) is 0.455. The highest BCUT2D eigenvalue weighted by Crippen LogP contribution is 2.32. The summed E-state index contributed by atoms with van der Waals surface area (Å²) in [5.74, 6) is -0.812. The lowest BCUT2D eigenvalue weighted by Crippen LogP contribution is -2.43. The van der Waals surface area contributed by atoms with Gasteiger partial charge in [0.25, 0.3) is 0 Å². The fourth-order valence-corrected chi connectivity index (χ4v) is 1.99. The quantitative estimate of drug-likeness (QED) is 0.792. The summed E-state index contributed by atoms with van der Waals surface area (Å²) in [6.45, 7) is 0.909. The first-order chi connectivity index (χ1) is 7.26. The number of carboxylic acid groups (broad SMARTS) is 1. The van der Waals surface area contributed by atoms with E-state index in [1.54, 1.807) is 24.5 Å². The number of carbonyl (C=O) groups is 1. The van der Waals surface area contributed by atoms with Crippen LogP contribution in [-0.2, 0) is 14.9 Å². The van der Waals surface area contributed by atoms with Crippen molar-refractivity contribution in [3.8, 4) is 0 Å². The Morgan fingerprint density at radius 2 is 2.20 bits per heavy atom. The Hall–Kier alpha value is -1.42. The summed E-state index contributed by atoms with van der Waals surface area (Å²) in [5, 5.41) is 9.34. The van der Waals surface area contributed by atoms with Crippen molar-refractivity contribution in [2.75, 3.05) is 13.2 Å². The van der Waals surface area contributed by atoms with Gasteiger partial charge in [-0.05, 0) is 30.5 Å². The molecule has 2 rings (SSSR count). The van der Waals surface area contributed by atoms with Crippen LogP contribution >= 0.6 is 0 Å². The third kappa shape index (κ3) is 1.72. The number of hydrogen-bond acceptors (Lipinski definition) is 3. The van der Waals surface area contributed by atoms with Gasteiger partial charge in [-0.1, -0.05) is 0 Å². The average Bonchev–Trinajstić information content (AvgIpc) is 2.31. The van der Waals surface area contributed by atoms with E-state index < -0.39 is 11.4 Å². The molecule has 0 aliphatic carbocycles. The van der Waals surface area contributed by atoms with E-state index in [9.17, 15) is 9.90 Å². The van der Waals surface area contributed by atoms with Crippen LogP contribution in [0.5, 0.6) is 0 Å². The van der Waals surface area contributed by atoms with Gasteiger partial charge in [0, 0.05) is 19.0 Å². The van der Waals surface area contributed by atoms with E-state index in [0.717, 1.165) is 12.0 Å². The molecule has 0 amide bonds. The van der Waals surface area contributed by atoms with Gasteiger partial charge in [0.1, 0.15) is 5.41 Å². The van der Waals surface area contributed by atoms with Crippen molar-refractivity contribution >= 4 is 5.97 Å². The third-order valence-electron chi connectivity index (χ3n) is 2.88. The maximum Gasteiger partial charge on any atom is 0.316 e. The zero-order valence-corrected chi connectivity index (χ0v) is 8.35. The number of ether oxygens (including phenoxy) is 1. The summed E-state index contributed by atoms with van der Waals surface area (Å²) >= 11 is 0. The Morgan fingerprint density at radius 1 is 1.47 bits per heavy atom. The molecule has 1 fully saturated rings. The summed E-state index contributed by atoms with van der Waals surface area (Å²) in [6.07, 6.45) is 4.66. The summed E-state index contributed by atoms with van der Waals surface area (Å²) in [7, 11) is 0. The number of carboxylic acids is 1. The predicted molar refractivity (Wildman–Crippen MR) is 53.6 cm³/mol. The topological polar surface area (TPSA) is 59.4 Å². The van der Waals surface area contributed by atoms with Crippen LogP contribution in [0.2, 0.25) is 0 Å². The number of rotatable bonds is 2. The van der Waals surface area contributed by atoms with Crippen molar-refractivity contribution in [2.45, 2.75) is 18.3 Å². The second-order valence-corrected chi connectivity index (χ2v) is 3.78. The highest BCUT2D eigenvalue weighted by atomic mass is 16.5. The Morgan fingerprint density at radius 3 is 2.73 bits per heavy atom. The van der Waals surface area contributed by atoms with Crippen LogP contribution in [0.15, 0.2) is 24.5 Å². The molecule has 2 heterocycles. The Balaban J connectivity index is 2.38. The molecule has 0 saturated carbocycles. The Kier molecular flexibility index (Phi) is 2.68. The molecule has 1 N–H and O–H groups in total. The first-order valence-corrected chi connectivity index (χ1v) is 4.97. The minimum Gasteiger partial charge on any atom is -0.481 e. The van der Waals surface area contributed by atoms with E-state index in [1.165, 1.54) is 0 Å². The molecule has 80 valence electrons. The van der Waals surface area contributed by atoms with Gasteiger partial charge in [-0.25, -0.2) is 0 Å². The minimum atomic E-state index is -0.874. The number of pyridine rings is 1. The molecular formula is C11H13NO3. The van der Waals surface area contributed by atoms with Crippen LogP contribution in [0.4, 0.5) is 0 Å². The maximum absolute atomic E-state index is 11.4. The van der Waals surface area contributed by atoms with Crippen molar-refractivity contribution in [3.05, 3.63) is 30.1 Å². The predicted octanol–water partition coefficient (Wildman–Crippen LogP) is 1.21. The number of aliphatic carboxylic acids is 1. The lowest BCUT2D eigenvalue weighted by Gasteiger charge is -2.33. The molecule has 0 bridgehead atoms. The van der Waals surface area contributed by atoms with E-state index in [-0.39, 0.29) is 6.61 Å². The van der Waals surface area contributed by atoms with Crippen molar-refractivity contribution < 1.29 is 14.6 Å². The van der Waals surface area contributed by atoms with Gasteiger partial charge in [-0.15, -0.1) is 0 Å². The molecule has 1 unspecified atom stereocenters. The fourth-order valence-electron chi connectivity index (χ4n) is 1.99. The van der Waals surface area contributed by atoms with E-state index in [2.05, 4.69) is 4.98 Å². The van der Waals surface area contributed by atoms with Crippen LogP contribution in [0.3, 0.4) is 0 Å². The van der Waals surface area contributed by atoms with Gasteiger partial charge in [0.15, 0.2) is 0 Å². The third-order valence-corrected chi connectivity index (χ3v) is 2.88. The van der Waals surface area contributed by atoms with E-state index >= 15 is 0 Å². The summed E-state index contributed by atoms with van der Waals surface area (Å²) in [5.41, 5.74) is -0.0917.